The first kappa shape index (κ1) is 66.7. The van der Waals surface area contributed by atoms with E-state index in [9.17, 15) is 77.0 Å². The maximum atomic E-state index is 13.2. The normalized spacial score (nSPS) is 36.4. The number of imidazole rings is 4. The average molecular weight is 1440 g/mol. The van der Waals surface area contributed by atoms with Crippen LogP contribution >= 0.6 is 39.9 Å². The zero-order valence-electron chi connectivity index (χ0n) is 47.3. The molecule has 6 fully saturated rings. The van der Waals surface area contributed by atoms with Gasteiger partial charge in [-0.15, -0.1) is 0 Å². The summed E-state index contributed by atoms with van der Waals surface area (Å²) >= 11 is 0. The second-order valence-electron chi connectivity index (χ2n) is 21.3. The first-order valence-electron chi connectivity index (χ1n) is 27.1. The number of hydrogen-bond acceptors (Lipinski definition) is 41. The molecule has 0 saturated carbocycles. The van der Waals surface area contributed by atoms with Crippen LogP contribution in [-0.2, 0) is 77.9 Å². The van der Waals surface area contributed by atoms with E-state index in [1.807, 2.05) is 0 Å². The van der Waals surface area contributed by atoms with E-state index in [2.05, 4.69) is 59.8 Å². The lowest BCUT2D eigenvalue weighted by molar-refractivity contribution is -0.246. The van der Waals surface area contributed by atoms with Gasteiger partial charge in [0.05, 0.1) is 51.7 Å². The maximum Gasteiger partial charge on any atom is 0.327 e. The quantitative estimate of drug-likeness (QED) is 0.0688. The van der Waals surface area contributed by atoms with Crippen LogP contribution in [0.3, 0.4) is 0 Å². The van der Waals surface area contributed by atoms with Gasteiger partial charge in [-0.3, -0.25) is 75.6 Å². The molecule has 20 atom stereocenters. The van der Waals surface area contributed by atoms with Crippen LogP contribution in [0.2, 0.25) is 0 Å². The number of H-pyrrole nitrogens is 4. The molecule has 0 aromatic carbocycles. The third kappa shape index (κ3) is 12.9. The highest BCUT2D eigenvalue weighted by molar-refractivity contribution is 7.46. The lowest BCUT2D eigenvalue weighted by atomic mass is 10.0. The maximum absolute atomic E-state index is 13.2. The van der Waals surface area contributed by atoms with Gasteiger partial charge in [0.2, 0.25) is 23.8 Å². The number of aliphatic hydroxyl groups is 2. The Morgan fingerprint density at radius 2 is 0.747 bits per heavy atom. The summed E-state index contributed by atoms with van der Waals surface area (Å²) in [5, 5.41) is 22.2. The number of aromatic nitrogens is 16. The Bertz CT molecular complexity index is 4610. The predicted octanol–water partition coefficient (Wildman–Crippen LogP) is -7.11. The van der Waals surface area contributed by atoms with Crippen LogP contribution < -0.4 is 64.7 Å². The summed E-state index contributed by atoms with van der Waals surface area (Å²) in [6, 6.07) is 0. The summed E-state index contributed by atoms with van der Waals surface area (Å²) in [6.45, 7) is -2.19. The van der Waals surface area contributed by atoms with Gasteiger partial charge in [0.25, 0.3) is 53.5 Å². The molecule has 6 aliphatic heterocycles. The predicted molar refractivity (Wildman–Crippen MR) is 297 cm³/mol. The number of nitrogens with one attached hydrogen (secondary N) is 4. The monoisotopic (exact) mass is 1440 g/mol. The molecular weight excluding hydrogens is 1390 g/mol. The number of fused-ring (bicyclic) bond motifs is 8. The molecule has 0 spiro atoms. The van der Waals surface area contributed by atoms with E-state index >= 15 is 0 Å². The zero-order valence-corrected chi connectivity index (χ0v) is 51.8. The molecule has 514 valence electrons. The van der Waals surface area contributed by atoms with Crippen molar-refractivity contribution in [3.05, 3.63) is 66.7 Å². The van der Waals surface area contributed by atoms with Crippen molar-refractivity contribution in [3.63, 3.8) is 0 Å². The topological polar surface area (TPSA) is 720 Å². The van der Waals surface area contributed by atoms with Crippen LogP contribution in [0.5, 0.6) is 0 Å². The summed E-state index contributed by atoms with van der Waals surface area (Å²) in [6.07, 6.45) is -20.0. The highest BCUT2D eigenvalue weighted by Crippen LogP contribution is 2.55. The van der Waals surface area contributed by atoms with E-state index in [0.717, 1.165) is 32.7 Å². The molecule has 14 heterocycles. The number of phosphoric acid groups is 4. The molecule has 8 aromatic rings. The van der Waals surface area contributed by atoms with E-state index in [4.69, 9.17) is 82.6 Å². The Hall–Kier alpha value is -6.89. The van der Waals surface area contributed by atoms with Gasteiger partial charge in [-0.25, -0.2) is 19.9 Å². The van der Waals surface area contributed by atoms with Crippen LogP contribution in [0.25, 0.3) is 44.7 Å². The minimum absolute atomic E-state index is 0.0115. The third-order valence-electron chi connectivity index (χ3n) is 15.3. The van der Waals surface area contributed by atoms with Crippen LogP contribution in [0, 0.1) is 5.92 Å². The lowest BCUT2D eigenvalue weighted by Gasteiger charge is -2.35. The van der Waals surface area contributed by atoms with E-state index < -0.39 is 187 Å². The van der Waals surface area contributed by atoms with Gasteiger partial charge in [-0.05, 0) is 0 Å². The second kappa shape index (κ2) is 24.9. The van der Waals surface area contributed by atoms with Crippen molar-refractivity contribution < 1.29 is 117 Å². The summed E-state index contributed by atoms with van der Waals surface area (Å²) in [4.78, 5) is 162. The van der Waals surface area contributed by atoms with Gasteiger partial charge in [0, 0.05) is 5.92 Å². The van der Waals surface area contributed by atoms with Crippen molar-refractivity contribution in [1.29, 1.82) is 0 Å². The molecule has 8 unspecified atom stereocenters. The fraction of sp³-hybridized carbons (Fsp3) is 0.512. The number of nitrogen functional groups attached to an aromatic ring is 4. The Morgan fingerprint density at radius 1 is 0.474 bits per heavy atom. The number of phosphoric ester groups is 4. The average Bonchev–Trinajstić information content (AvgIpc) is 1.63. The number of nitrogens with zero attached hydrogens (tertiary/aromatic N) is 12. The van der Waals surface area contributed by atoms with Gasteiger partial charge in [-0.2, -0.15) is 19.9 Å². The second-order valence-corrected chi connectivity index (χ2v) is 27.4. The Labute approximate surface area is 523 Å². The minimum atomic E-state index is -5.48. The van der Waals surface area contributed by atoms with E-state index in [0.29, 0.717) is 0 Å². The number of anilines is 4. The standard InChI is InChI=1S/C21H26N10O13P2.C20H25N10O16P3/c1-6-12-7(41-18(6)30-4-24-9-14(30)26-20(22)28-16(9)33)2-39-46(37,38)44-13-8(3-40-45(35,36)43-12)42-19(11(13)32)31-5-25-10-15(31)27-21(23)29-17(10)34;21-19-25-13-7(15(32)27-19)23-3-29(13)17-9(31)10-5(42-17)1-40-49(38,39)46-11-6(2-41-48(36,37)45-10)43-18(12(11)44-47(34)35)30-4-24-8-14(30)26-20(22)28-16(8)33/h4-8,11-13,18-19,32H,2-3H2,1H3,(H,35,36)(H,37,38)(H3,22,26,28,33)(H3,23,27,29,34);3-6,9-12,17-18,31,34-35H,1-2H2,(H,36,37)(H,38,39)(H3,21,25,27,32)(H3,22,26,28,33)/p-4/t6-,7+,8+,11?,12?,13-,18+,19+;5-,6-,9?,10+,11?,12+,17-,18-/m01/s1. The van der Waals surface area contributed by atoms with E-state index in [1.165, 1.54) is 17.8 Å². The Kier molecular flexibility index (Phi) is 17.5. The van der Waals surface area contributed by atoms with Crippen molar-refractivity contribution in [1.82, 2.24) is 78.1 Å². The number of ether oxygens (including phenoxy) is 4. The molecule has 6 saturated heterocycles. The summed E-state index contributed by atoms with van der Waals surface area (Å²) < 4.78 is 126. The molecule has 95 heavy (non-hydrogen) atoms. The molecule has 0 aliphatic carbocycles. The first-order chi connectivity index (χ1) is 44.8. The smallest absolute Gasteiger partial charge is 0.327 e. The fourth-order valence-corrected chi connectivity index (χ4v) is 15.5. The van der Waals surface area contributed by atoms with Crippen molar-refractivity contribution in [2.45, 2.75) is 99.0 Å². The van der Waals surface area contributed by atoms with Gasteiger partial charge in [-0.1, -0.05) is 6.92 Å². The third-order valence-corrected chi connectivity index (χ3v) is 19.6. The minimum Gasteiger partial charge on any atom is -0.756 e. The molecular formula is C41H47N20O29P5-4. The van der Waals surface area contributed by atoms with Gasteiger partial charge < -0.3 is 122 Å². The molecule has 0 radical (unpaired) electrons. The molecule has 0 bridgehead atoms. The SMILES string of the molecule is C[C@H]1C2OP(=O)([O-])OC[C@H]3O[C@@H](n4cnc5c(=O)[nH]c(N)nc54)C(O)[C@H]3OP(=O)([O-])OC[C@H]2O[C@H]1n1cnc2c(=O)[nH]c(N)nc21.Nc1nc2c(ncn2[C@@H]2O[C@@H]3COP(=O)([O-])OC4[C@@H](COP(=O)([O-])O[C@@H]3C2O)O[C@@H](n2cnc3c(=O)[nH]c(N)nc32)[C@H]4OP(O)O)c(=O)[nH]1. The first-order valence-corrected chi connectivity index (χ1v) is 34.1. The summed E-state index contributed by atoms with van der Waals surface area (Å²) in [5.41, 5.74) is 18.5. The number of rotatable bonds is 6. The lowest BCUT2D eigenvalue weighted by Crippen LogP contribution is -2.41. The molecule has 14 rings (SSSR count). The van der Waals surface area contributed by atoms with Crippen molar-refractivity contribution in [3.8, 4) is 0 Å². The summed E-state index contributed by atoms with van der Waals surface area (Å²) in [7, 11) is -24.7. The van der Waals surface area contributed by atoms with Gasteiger partial charge >= 0.3 is 8.60 Å². The van der Waals surface area contributed by atoms with E-state index in [-0.39, 0.29) is 68.4 Å². The van der Waals surface area contributed by atoms with Crippen molar-refractivity contribution in [2.75, 3.05) is 49.4 Å². The molecule has 16 N–H and O–H groups in total. The van der Waals surface area contributed by atoms with Crippen LogP contribution in [0.4, 0.5) is 23.8 Å². The molecule has 8 aromatic heterocycles. The Balaban J connectivity index is 0.000000172. The highest BCUT2D eigenvalue weighted by Gasteiger charge is 2.55. The van der Waals surface area contributed by atoms with E-state index in [1.54, 1.807) is 0 Å². The van der Waals surface area contributed by atoms with Gasteiger partial charge in [0.1, 0.15) is 73.4 Å². The molecule has 0 amide bonds. The number of aliphatic hydroxyl groups excluding tert-OH is 2. The number of nitrogens with two attached hydrogens (primary N) is 4. The van der Waals surface area contributed by atoms with Crippen LogP contribution in [-0.4, -0.2) is 192 Å². The van der Waals surface area contributed by atoms with Crippen LogP contribution in [0.15, 0.2) is 44.5 Å². The summed E-state index contributed by atoms with van der Waals surface area (Å²) in [5.74, 6) is -2.01. The molecule has 54 heteroatoms. The van der Waals surface area contributed by atoms with Crippen molar-refractivity contribution >= 4 is 108 Å². The zero-order chi connectivity index (χ0) is 67.7. The number of aromatic amines is 4. The Morgan fingerprint density at radius 3 is 1.09 bits per heavy atom. The highest BCUT2D eigenvalue weighted by atomic mass is 31.2. The van der Waals surface area contributed by atoms with Gasteiger partial charge in [0.15, 0.2) is 63.3 Å². The fourth-order valence-electron chi connectivity index (χ4n) is 11.2. The van der Waals surface area contributed by atoms with Crippen LogP contribution in [0.1, 0.15) is 31.8 Å². The number of hydrogen-bond donors (Lipinski definition) is 12. The molecule has 6 aliphatic rings. The largest absolute Gasteiger partial charge is 0.756 e. The molecule has 49 nitrogen and oxygen atoms in total. The van der Waals surface area contributed by atoms with Crippen molar-refractivity contribution in [2.24, 2.45) is 5.92 Å².